The zero-order valence-corrected chi connectivity index (χ0v) is 14.0. The van der Waals surface area contributed by atoms with Crippen molar-refractivity contribution in [2.24, 2.45) is 0 Å². The van der Waals surface area contributed by atoms with Gasteiger partial charge in [-0.3, -0.25) is 9.89 Å². The van der Waals surface area contributed by atoms with Crippen LogP contribution in [0.15, 0.2) is 54.0 Å². The fraction of sp³-hybridized carbons (Fsp3) is 0.222. The van der Waals surface area contributed by atoms with Crippen molar-refractivity contribution in [1.29, 1.82) is 0 Å². The number of nitrogens with zero attached hydrogens (tertiary/aromatic N) is 3. The molecule has 3 heterocycles. The van der Waals surface area contributed by atoms with E-state index in [0.717, 1.165) is 48.0 Å². The lowest BCUT2D eigenvalue weighted by Crippen LogP contribution is -2.48. The topological polar surface area (TPSA) is 52.2 Å². The number of benzene rings is 1. The predicted molar refractivity (Wildman–Crippen MR) is 96.5 cm³/mol. The Hall–Kier alpha value is -2.60. The number of thiophene rings is 1. The van der Waals surface area contributed by atoms with Crippen molar-refractivity contribution in [1.82, 2.24) is 15.1 Å². The standard InChI is InChI=1S/C18H18N4OS/c23-18(16-7-4-12-24-16)22-10-8-21(9-11-22)17-15(13-19-20-17)14-5-2-1-3-6-14/h1-7,12-13H,8-11H2,(H,19,20). The van der Waals surface area contributed by atoms with Gasteiger partial charge >= 0.3 is 0 Å². The Morgan fingerprint density at radius 3 is 2.54 bits per heavy atom. The Morgan fingerprint density at radius 2 is 1.83 bits per heavy atom. The second-order valence-electron chi connectivity index (χ2n) is 5.75. The van der Waals surface area contributed by atoms with Gasteiger partial charge in [-0.05, 0) is 17.0 Å². The summed E-state index contributed by atoms with van der Waals surface area (Å²) in [5.74, 6) is 1.17. The van der Waals surface area contributed by atoms with Crippen molar-refractivity contribution in [3.8, 4) is 11.1 Å². The normalized spacial score (nSPS) is 14.8. The number of aromatic nitrogens is 2. The van der Waals surface area contributed by atoms with Crippen LogP contribution in [-0.2, 0) is 0 Å². The summed E-state index contributed by atoms with van der Waals surface area (Å²) in [4.78, 5) is 17.5. The zero-order valence-electron chi connectivity index (χ0n) is 13.2. The molecule has 24 heavy (non-hydrogen) atoms. The lowest BCUT2D eigenvalue weighted by atomic mass is 10.1. The number of rotatable bonds is 3. The largest absolute Gasteiger partial charge is 0.353 e. The highest BCUT2D eigenvalue weighted by Crippen LogP contribution is 2.29. The molecule has 6 heteroatoms. The summed E-state index contributed by atoms with van der Waals surface area (Å²) < 4.78 is 0. The molecule has 2 aromatic heterocycles. The van der Waals surface area contributed by atoms with Crippen LogP contribution < -0.4 is 4.90 Å². The molecule has 0 unspecified atom stereocenters. The number of amides is 1. The summed E-state index contributed by atoms with van der Waals surface area (Å²) in [5, 5.41) is 9.29. The minimum atomic E-state index is 0.137. The van der Waals surface area contributed by atoms with E-state index < -0.39 is 0 Å². The molecule has 1 aromatic carbocycles. The highest BCUT2D eigenvalue weighted by molar-refractivity contribution is 7.12. The maximum atomic E-state index is 12.4. The second kappa shape index (κ2) is 6.49. The van der Waals surface area contributed by atoms with Gasteiger partial charge in [-0.15, -0.1) is 11.3 Å². The Balaban J connectivity index is 1.47. The van der Waals surface area contributed by atoms with E-state index in [1.54, 1.807) is 0 Å². The SMILES string of the molecule is O=C(c1cccs1)N1CCN(c2[nH]ncc2-c2ccccc2)CC1. The number of hydrogen-bond donors (Lipinski definition) is 1. The first-order chi connectivity index (χ1) is 11.8. The minimum Gasteiger partial charge on any atom is -0.353 e. The van der Waals surface area contributed by atoms with Crippen molar-refractivity contribution >= 4 is 23.1 Å². The monoisotopic (exact) mass is 338 g/mol. The molecule has 0 spiro atoms. The molecule has 122 valence electrons. The fourth-order valence-electron chi connectivity index (χ4n) is 3.04. The molecule has 1 N–H and O–H groups in total. The van der Waals surface area contributed by atoms with Crippen molar-refractivity contribution in [2.45, 2.75) is 0 Å². The predicted octanol–water partition coefficient (Wildman–Crippen LogP) is 3.10. The number of nitrogens with one attached hydrogen (secondary N) is 1. The lowest BCUT2D eigenvalue weighted by Gasteiger charge is -2.35. The molecular weight excluding hydrogens is 320 g/mol. The van der Waals surface area contributed by atoms with Crippen LogP contribution in [0.3, 0.4) is 0 Å². The van der Waals surface area contributed by atoms with Crippen molar-refractivity contribution in [3.63, 3.8) is 0 Å². The number of hydrogen-bond acceptors (Lipinski definition) is 4. The van der Waals surface area contributed by atoms with Gasteiger partial charge in [0.15, 0.2) is 0 Å². The van der Waals surface area contributed by atoms with Crippen molar-refractivity contribution in [2.75, 3.05) is 31.1 Å². The van der Waals surface area contributed by atoms with E-state index in [0.29, 0.717) is 0 Å². The summed E-state index contributed by atoms with van der Waals surface area (Å²) >= 11 is 1.50. The van der Waals surface area contributed by atoms with Crippen LogP contribution in [0.1, 0.15) is 9.67 Å². The summed E-state index contributed by atoms with van der Waals surface area (Å²) in [6.07, 6.45) is 1.87. The number of anilines is 1. The van der Waals surface area contributed by atoms with Crippen molar-refractivity contribution in [3.05, 3.63) is 58.9 Å². The smallest absolute Gasteiger partial charge is 0.264 e. The molecule has 1 amide bonds. The molecule has 1 fully saturated rings. The third kappa shape index (κ3) is 2.80. The van der Waals surface area contributed by atoms with Gasteiger partial charge in [0, 0.05) is 31.7 Å². The molecule has 0 bridgehead atoms. The van der Waals surface area contributed by atoms with Crippen LogP contribution in [0.4, 0.5) is 5.82 Å². The molecule has 0 radical (unpaired) electrons. The molecule has 1 saturated heterocycles. The van der Waals surface area contributed by atoms with E-state index in [-0.39, 0.29) is 5.91 Å². The molecule has 5 nitrogen and oxygen atoms in total. The summed E-state index contributed by atoms with van der Waals surface area (Å²) in [7, 11) is 0. The highest BCUT2D eigenvalue weighted by atomic mass is 32.1. The van der Waals surface area contributed by atoms with Crippen LogP contribution in [0.2, 0.25) is 0 Å². The van der Waals surface area contributed by atoms with Crippen LogP contribution >= 0.6 is 11.3 Å². The lowest BCUT2D eigenvalue weighted by molar-refractivity contribution is 0.0751. The van der Waals surface area contributed by atoms with Gasteiger partial charge in [0.05, 0.1) is 11.1 Å². The molecule has 1 aliphatic heterocycles. The maximum Gasteiger partial charge on any atom is 0.264 e. The Morgan fingerprint density at radius 1 is 1.04 bits per heavy atom. The van der Waals surface area contributed by atoms with Gasteiger partial charge in [0.1, 0.15) is 5.82 Å². The van der Waals surface area contributed by atoms with E-state index in [9.17, 15) is 4.79 Å². The average Bonchev–Trinajstić information content (AvgIpc) is 3.34. The van der Waals surface area contributed by atoms with Crippen LogP contribution in [0, 0.1) is 0 Å². The fourth-order valence-corrected chi connectivity index (χ4v) is 3.73. The third-order valence-corrected chi connectivity index (χ3v) is 5.18. The molecule has 1 aliphatic rings. The van der Waals surface area contributed by atoms with Crippen LogP contribution in [-0.4, -0.2) is 47.2 Å². The Labute approximate surface area is 144 Å². The van der Waals surface area contributed by atoms with Gasteiger partial charge in [0.2, 0.25) is 0 Å². The molecule has 4 rings (SSSR count). The molecular formula is C18H18N4OS. The van der Waals surface area contributed by atoms with Gasteiger partial charge in [-0.2, -0.15) is 5.10 Å². The first-order valence-electron chi connectivity index (χ1n) is 7.99. The molecule has 0 atom stereocenters. The molecule has 0 saturated carbocycles. The Bertz CT molecular complexity index is 805. The Kier molecular flexibility index (Phi) is 4.04. The highest BCUT2D eigenvalue weighted by Gasteiger charge is 2.24. The van der Waals surface area contributed by atoms with Gasteiger partial charge in [-0.1, -0.05) is 36.4 Å². The van der Waals surface area contributed by atoms with E-state index in [4.69, 9.17) is 0 Å². The van der Waals surface area contributed by atoms with Crippen molar-refractivity contribution < 1.29 is 4.79 Å². The van der Waals surface area contributed by atoms with Gasteiger partial charge < -0.3 is 9.80 Å². The van der Waals surface area contributed by atoms with Crippen LogP contribution in [0.5, 0.6) is 0 Å². The van der Waals surface area contributed by atoms with E-state index in [1.165, 1.54) is 11.3 Å². The number of carbonyl (C=O) groups is 1. The summed E-state index contributed by atoms with van der Waals surface area (Å²) in [6.45, 7) is 3.06. The molecule has 3 aromatic rings. The first-order valence-corrected chi connectivity index (χ1v) is 8.87. The average molecular weight is 338 g/mol. The van der Waals surface area contributed by atoms with Crippen LogP contribution in [0.25, 0.3) is 11.1 Å². The van der Waals surface area contributed by atoms with Gasteiger partial charge in [0.25, 0.3) is 5.91 Å². The number of H-pyrrole nitrogens is 1. The van der Waals surface area contributed by atoms with Gasteiger partial charge in [-0.25, -0.2) is 0 Å². The summed E-state index contributed by atoms with van der Waals surface area (Å²) in [5.41, 5.74) is 2.26. The first kappa shape index (κ1) is 15.0. The number of piperazine rings is 1. The van der Waals surface area contributed by atoms with E-state index >= 15 is 0 Å². The quantitative estimate of drug-likeness (QED) is 0.798. The zero-order chi connectivity index (χ0) is 16.4. The second-order valence-corrected chi connectivity index (χ2v) is 6.70. The van der Waals surface area contributed by atoms with E-state index in [1.807, 2.05) is 46.8 Å². The third-order valence-electron chi connectivity index (χ3n) is 4.32. The maximum absolute atomic E-state index is 12.4. The minimum absolute atomic E-state index is 0.137. The molecule has 0 aliphatic carbocycles. The number of carbonyl (C=O) groups excluding carboxylic acids is 1. The summed E-state index contributed by atoms with van der Waals surface area (Å²) in [6, 6.07) is 14.1. The van der Waals surface area contributed by atoms with E-state index in [2.05, 4.69) is 27.2 Å². The number of aromatic amines is 1.